The number of nitrogens with zero attached hydrogens (tertiary/aromatic N) is 4. The molecule has 118 valence electrons. The van der Waals surface area contributed by atoms with Gasteiger partial charge in [0.15, 0.2) is 0 Å². The average molecular weight is 300 g/mol. The molecule has 0 bridgehead atoms. The van der Waals surface area contributed by atoms with Gasteiger partial charge < -0.3 is 9.47 Å². The highest BCUT2D eigenvalue weighted by Gasteiger charge is 2.30. The standard InChI is InChI=1S/C17H24N4O/c1-4-21-15-10-18-7-5-14(15)19-17(21)13-6-8-20(11-13)16(22)9-12(2)3/h5,7,10,12-13H,4,6,8-9,11H2,1-3H3/t13-/m0/s1. The molecule has 0 aliphatic carbocycles. The second kappa shape index (κ2) is 6.07. The SMILES string of the molecule is CCn1c([C@H]2CCN(C(=O)CC(C)C)C2)nc2ccncc21. The minimum atomic E-state index is 0.276. The van der Waals surface area contributed by atoms with Gasteiger partial charge in [0.25, 0.3) is 0 Å². The summed E-state index contributed by atoms with van der Waals surface area (Å²) in [6.07, 6.45) is 5.31. The Hall–Kier alpha value is -1.91. The second-order valence-corrected chi connectivity index (χ2v) is 6.50. The van der Waals surface area contributed by atoms with Crippen molar-refractivity contribution in [3.63, 3.8) is 0 Å². The van der Waals surface area contributed by atoms with Crippen molar-refractivity contribution in [2.45, 2.75) is 46.1 Å². The monoisotopic (exact) mass is 300 g/mol. The van der Waals surface area contributed by atoms with Gasteiger partial charge in [-0.1, -0.05) is 13.8 Å². The van der Waals surface area contributed by atoms with Gasteiger partial charge in [-0.05, 0) is 25.3 Å². The Kier molecular flexibility index (Phi) is 4.14. The van der Waals surface area contributed by atoms with E-state index < -0.39 is 0 Å². The molecule has 1 fully saturated rings. The molecule has 0 unspecified atom stereocenters. The molecule has 22 heavy (non-hydrogen) atoms. The van der Waals surface area contributed by atoms with Crippen LogP contribution in [-0.2, 0) is 11.3 Å². The summed E-state index contributed by atoms with van der Waals surface area (Å²) in [5.74, 6) is 2.13. The third-order valence-corrected chi connectivity index (χ3v) is 4.39. The highest BCUT2D eigenvalue weighted by molar-refractivity contribution is 5.77. The van der Waals surface area contributed by atoms with E-state index in [-0.39, 0.29) is 5.91 Å². The molecule has 1 aliphatic rings. The van der Waals surface area contributed by atoms with Gasteiger partial charge in [-0.2, -0.15) is 0 Å². The number of aryl methyl sites for hydroxylation is 1. The van der Waals surface area contributed by atoms with Crippen molar-refractivity contribution in [2.24, 2.45) is 5.92 Å². The first-order chi connectivity index (χ1) is 10.6. The Bertz CT molecular complexity index is 676. The van der Waals surface area contributed by atoms with Gasteiger partial charge in [-0.25, -0.2) is 4.98 Å². The molecule has 0 saturated carbocycles. The molecule has 2 aromatic rings. The lowest BCUT2D eigenvalue weighted by atomic mass is 10.1. The van der Waals surface area contributed by atoms with Crippen LogP contribution in [0, 0.1) is 5.92 Å². The van der Waals surface area contributed by atoms with Crippen LogP contribution in [0.5, 0.6) is 0 Å². The number of fused-ring (bicyclic) bond motifs is 1. The maximum Gasteiger partial charge on any atom is 0.222 e. The number of amides is 1. The summed E-state index contributed by atoms with van der Waals surface area (Å²) < 4.78 is 2.24. The van der Waals surface area contributed by atoms with Crippen molar-refractivity contribution in [1.82, 2.24) is 19.4 Å². The van der Waals surface area contributed by atoms with Crippen LogP contribution in [-0.4, -0.2) is 38.4 Å². The summed E-state index contributed by atoms with van der Waals surface area (Å²) in [6, 6.07) is 1.96. The first kappa shape index (κ1) is 15.0. The van der Waals surface area contributed by atoms with Crippen LogP contribution >= 0.6 is 0 Å². The molecule has 5 nitrogen and oxygen atoms in total. The molecule has 0 spiro atoms. The predicted octanol–water partition coefficient (Wildman–Crippen LogP) is 2.81. The average Bonchev–Trinajstić information content (AvgIpc) is 3.10. The van der Waals surface area contributed by atoms with E-state index >= 15 is 0 Å². The number of hydrogen-bond acceptors (Lipinski definition) is 3. The molecule has 0 N–H and O–H groups in total. The smallest absolute Gasteiger partial charge is 0.222 e. The summed E-state index contributed by atoms with van der Waals surface area (Å²) >= 11 is 0. The highest BCUT2D eigenvalue weighted by atomic mass is 16.2. The van der Waals surface area contributed by atoms with E-state index in [0.717, 1.165) is 42.9 Å². The van der Waals surface area contributed by atoms with E-state index in [1.807, 2.05) is 17.2 Å². The Morgan fingerprint density at radius 3 is 3.00 bits per heavy atom. The third kappa shape index (κ3) is 2.72. The summed E-state index contributed by atoms with van der Waals surface area (Å²) in [7, 11) is 0. The molecule has 0 radical (unpaired) electrons. The zero-order valence-corrected chi connectivity index (χ0v) is 13.6. The maximum absolute atomic E-state index is 12.2. The minimum Gasteiger partial charge on any atom is -0.342 e. The summed E-state index contributed by atoms with van der Waals surface area (Å²) in [5.41, 5.74) is 2.09. The number of pyridine rings is 1. The summed E-state index contributed by atoms with van der Waals surface area (Å²) in [6.45, 7) is 8.84. The number of carbonyl (C=O) groups is 1. The third-order valence-electron chi connectivity index (χ3n) is 4.39. The molecule has 2 aromatic heterocycles. The highest BCUT2D eigenvalue weighted by Crippen LogP contribution is 2.29. The fourth-order valence-corrected chi connectivity index (χ4v) is 3.31. The molecule has 3 heterocycles. The minimum absolute atomic E-state index is 0.276. The first-order valence-electron chi connectivity index (χ1n) is 8.18. The lowest BCUT2D eigenvalue weighted by molar-refractivity contribution is -0.130. The second-order valence-electron chi connectivity index (χ2n) is 6.50. The maximum atomic E-state index is 12.2. The van der Waals surface area contributed by atoms with Crippen LogP contribution in [0.4, 0.5) is 0 Å². The van der Waals surface area contributed by atoms with E-state index in [0.29, 0.717) is 18.3 Å². The number of hydrogen-bond donors (Lipinski definition) is 0. The molecule has 3 rings (SSSR count). The summed E-state index contributed by atoms with van der Waals surface area (Å²) in [5, 5.41) is 0. The quantitative estimate of drug-likeness (QED) is 0.872. The normalized spacial score (nSPS) is 18.5. The number of aromatic nitrogens is 3. The van der Waals surface area contributed by atoms with Crippen LogP contribution in [0.1, 0.15) is 45.4 Å². The number of likely N-dealkylation sites (tertiary alicyclic amines) is 1. The van der Waals surface area contributed by atoms with Gasteiger partial charge in [0.05, 0.1) is 17.2 Å². The van der Waals surface area contributed by atoms with Crippen LogP contribution in [0.25, 0.3) is 11.0 Å². The van der Waals surface area contributed by atoms with Crippen LogP contribution in [0.2, 0.25) is 0 Å². The zero-order valence-electron chi connectivity index (χ0n) is 13.6. The van der Waals surface area contributed by atoms with Gasteiger partial charge in [0, 0.05) is 38.2 Å². The molecule has 5 heteroatoms. The van der Waals surface area contributed by atoms with Crippen molar-refractivity contribution >= 4 is 16.9 Å². The Morgan fingerprint density at radius 2 is 2.27 bits per heavy atom. The number of rotatable bonds is 4. The van der Waals surface area contributed by atoms with Gasteiger partial charge in [0.2, 0.25) is 5.91 Å². The van der Waals surface area contributed by atoms with Crippen LogP contribution in [0.3, 0.4) is 0 Å². The number of carbonyl (C=O) groups excluding carboxylic acids is 1. The van der Waals surface area contributed by atoms with Gasteiger partial charge >= 0.3 is 0 Å². The Morgan fingerprint density at radius 1 is 1.45 bits per heavy atom. The summed E-state index contributed by atoms with van der Waals surface area (Å²) in [4.78, 5) is 23.3. The molecule has 1 atom stereocenters. The van der Waals surface area contributed by atoms with Crippen LogP contribution < -0.4 is 0 Å². The topological polar surface area (TPSA) is 51.0 Å². The molecule has 1 aliphatic heterocycles. The van der Waals surface area contributed by atoms with E-state index in [9.17, 15) is 4.79 Å². The lowest BCUT2D eigenvalue weighted by Gasteiger charge is -2.18. The largest absolute Gasteiger partial charge is 0.342 e. The van der Waals surface area contributed by atoms with E-state index in [1.54, 1.807) is 6.20 Å². The Balaban J connectivity index is 1.82. The zero-order chi connectivity index (χ0) is 15.7. The van der Waals surface area contributed by atoms with E-state index in [4.69, 9.17) is 4.98 Å². The van der Waals surface area contributed by atoms with Crippen molar-refractivity contribution in [3.05, 3.63) is 24.3 Å². The van der Waals surface area contributed by atoms with Crippen molar-refractivity contribution < 1.29 is 4.79 Å². The Labute approximate surface area is 131 Å². The fourth-order valence-electron chi connectivity index (χ4n) is 3.31. The van der Waals surface area contributed by atoms with Crippen molar-refractivity contribution in [2.75, 3.05) is 13.1 Å². The van der Waals surface area contributed by atoms with Gasteiger partial charge in [-0.3, -0.25) is 9.78 Å². The van der Waals surface area contributed by atoms with Gasteiger partial charge in [-0.15, -0.1) is 0 Å². The first-order valence-corrected chi connectivity index (χ1v) is 8.18. The molecule has 0 aromatic carbocycles. The van der Waals surface area contributed by atoms with Gasteiger partial charge in [0.1, 0.15) is 5.82 Å². The van der Waals surface area contributed by atoms with E-state index in [2.05, 4.69) is 30.3 Å². The van der Waals surface area contributed by atoms with Crippen molar-refractivity contribution in [3.8, 4) is 0 Å². The molecule has 1 amide bonds. The van der Waals surface area contributed by atoms with Crippen molar-refractivity contribution in [1.29, 1.82) is 0 Å². The van der Waals surface area contributed by atoms with Crippen LogP contribution in [0.15, 0.2) is 18.5 Å². The predicted molar refractivity (Wildman–Crippen MR) is 86.6 cm³/mol. The lowest BCUT2D eigenvalue weighted by Crippen LogP contribution is -2.29. The van der Waals surface area contributed by atoms with E-state index in [1.165, 1.54) is 0 Å². The molecule has 1 saturated heterocycles. The fraction of sp³-hybridized carbons (Fsp3) is 0.588. The molecular formula is C17H24N4O. The number of imidazole rings is 1. The molecular weight excluding hydrogens is 276 g/mol.